The van der Waals surface area contributed by atoms with Gasteiger partial charge in [0.2, 0.25) is 0 Å². The first-order valence-electron chi connectivity index (χ1n) is 6.70. The number of thioether (sulfide) groups is 1. The van der Waals surface area contributed by atoms with Crippen molar-refractivity contribution in [2.75, 3.05) is 25.1 Å². The number of hydrogen-bond donors (Lipinski definition) is 1. The summed E-state index contributed by atoms with van der Waals surface area (Å²) in [7, 11) is 0. The van der Waals surface area contributed by atoms with E-state index in [1.807, 2.05) is 11.8 Å². The lowest BCUT2D eigenvalue weighted by Crippen LogP contribution is -2.52. The predicted molar refractivity (Wildman–Crippen MR) is 75.3 cm³/mol. The Morgan fingerprint density at radius 3 is 2.69 bits per heavy atom. The van der Waals surface area contributed by atoms with Gasteiger partial charge in [-0.25, -0.2) is 0 Å². The molecular weight excluding hydrogens is 216 g/mol. The summed E-state index contributed by atoms with van der Waals surface area (Å²) in [5, 5.41) is 3.59. The second-order valence-electron chi connectivity index (χ2n) is 4.88. The van der Waals surface area contributed by atoms with Gasteiger partial charge in [-0.15, -0.1) is 0 Å². The van der Waals surface area contributed by atoms with Crippen LogP contribution in [0.2, 0.25) is 0 Å². The van der Waals surface area contributed by atoms with E-state index < -0.39 is 0 Å². The Morgan fingerprint density at radius 2 is 2.19 bits per heavy atom. The molecular formula is C13H28N2S. The average Bonchev–Trinajstić information content (AvgIpc) is 2.27. The van der Waals surface area contributed by atoms with Gasteiger partial charge in [0.05, 0.1) is 0 Å². The van der Waals surface area contributed by atoms with Gasteiger partial charge in [-0.2, -0.15) is 11.8 Å². The molecule has 16 heavy (non-hydrogen) atoms. The van der Waals surface area contributed by atoms with Crippen molar-refractivity contribution in [1.29, 1.82) is 0 Å². The second-order valence-corrected chi connectivity index (χ2v) is 5.79. The van der Waals surface area contributed by atoms with Gasteiger partial charge in [-0.05, 0) is 39.0 Å². The first kappa shape index (κ1) is 14.3. The van der Waals surface area contributed by atoms with Crippen LogP contribution >= 0.6 is 11.8 Å². The van der Waals surface area contributed by atoms with Gasteiger partial charge in [0.1, 0.15) is 0 Å². The Hall–Kier alpha value is 0.270. The van der Waals surface area contributed by atoms with Gasteiger partial charge < -0.3 is 5.32 Å². The topological polar surface area (TPSA) is 15.3 Å². The van der Waals surface area contributed by atoms with Crippen LogP contribution in [0.3, 0.4) is 0 Å². The van der Waals surface area contributed by atoms with Crippen LogP contribution in [0, 0.1) is 0 Å². The number of nitrogens with zero attached hydrogens (tertiary/aromatic N) is 1. The summed E-state index contributed by atoms with van der Waals surface area (Å²) < 4.78 is 0. The molecule has 96 valence electrons. The van der Waals surface area contributed by atoms with Crippen molar-refractivity contribution in [1.82, 2.24) is 10.2 Å². The number of hydrogen-bond acceptors (Lipinski definition) is 3. The molecule has 0 aromatic heterocycles. The molecule has 1 heterocycles. The Morgan fingerprint density at radius 1 is 1.44 bits per heavy atom. The summed E-state index contributed by atoms with van der Waals surface area (Å²) in [5.74, 6) is 1.28. The third-order valence-corrected chi connectivity index (χ3v) is 4.44. The summed E-state index contributed by atoms with van der Waals surface area (Å²) in [6.07, 6.45) is 6.15. The van der Waals surface area contributed by atoms with Crippen LogP contribution in [-0.4, -0.2) is 48.1 Å². The molecule has 3 heteroatoms. The second kappa shape index (κ2) is 7.57. The third-order valence-electron chi connectivity index (χ3n) is 3.72. The lowest BCUT2D eigenvalue weighted by molar-refractivity contribution is 0.0962. The minimum absolute atomic E-state index is 0.745. The monoisotopic (exact) mass is 244 g/mol. The van der Waals surface area contributed by atoms with Crippen LogP contribution in [-0.2, 0) is 0 Å². The molecule has 0 aromatic carbocycles. The first-order chi connectivity index (χ1) is 7.72. The lowest BCUT2D eigenvalue weighted by atomic mass is 9.96. The molecule has 1 fully saturated rings. The summed E-state index contributed by atoms with van der Waals surface area (Å²) in [4.78, 5) is 2.73. The number of rotatable bonds is 6. The first-order valence-corrected chi connectivity index (χ1v) is 8.10. The van der Waals surface area contributed by atoms with Crippen molar-refractivity contribution in [3.05, 3.63) is 0 Å². The highest BCUT2D eigenvalue weighted by atomic mass is 32.2. The van der Waals surface area contributed by atoms with E-state index in [2.05, 4.69) is 37.2 Å². The molecule has 3 atom stereocenters. The molecule has 0 spiro atoms. The fourth-order valence-corrected chi connectivity index (χ4v) is 3.66. The van der Waals surface area contributed by atoms with Gasteiger partial charge in [0.15, 0.2) is 0 Å². The van der Waals surface area contributed by atoms with Gasteiger partial charge in [0.25, 0.3) is 0 Å². The number of piperidine rings is 1. The van der Waals surface area contributed by atoms with Gasteiger partial charge in [-0.1, -0.05) is 13.8 Å². The van der Waals surface area contributed by atoms with E-state index in [1.54, 1.807) is 0 Å². The van der Waals surface area contributed by atoms with Crippen molar-refractivity contribution in [3.63, 3.8) is 0 Å². The maximum absolute atomic E-state index is 3.59. The highest BCUT2D eigenvalue weighted by Gasteiger charge is 2.28. The fourth-order valence-electron chi connectivity index (χ4n) is 2.85. The van der Waals surface area contributed by atoms with Crippen molar-refractivity contribution >= 4 is 11.8 Å². The smallest absolute Gasteiger partial charge is 0.0186 e. The van der Waals surface area contributed by atoms with E-state index in [-0.39, 0.29) is 0 Å². The van der Waals surface area contributed by atoms with Gasteiger partial charge in [0, 0.05) is 30.4 Å². The zero-order valence-corrected chi connectivity index (χ0v) is 12.1. The van der Waals surface area contributed by atoms with Crippen LogP contribution in [0.15, 0.2) is 0 Å². The van der Waals surface area contributed by atoms with Crippen molar-refractivity contribution in [2.24, 2.45) is 0 Å². The van der Waals surface area contributed by atoms with Crippen LogP contribution < -0.4 is 5.32 Å². The SMILES string of the molecule is CCNC1CCN(C(CC)CSC)C(C)C1. The van der Waals surface area contributed by atoms with Crippen LogP contribution in [0.4, 0.5) is 0 Å². The summed E-state index contributed by atoms with van der Waals surface area (Å²) in [5.41, 5.74) is 0. The largest absolute Gasteiger partial charge is 0.314 e. The van der Waals surface area contributed by atoms with Crippen LogP contribution in [0.25, 0.3) is 0 Å². The van der Waals surface area contributed by atoms with Crippen molar-refractivity contribution < 1.29 is 0 Å². The summed E-state index contributed by atoms with van der Waals surface area (Å²) >= 11 is 1.98. The van der Waals surface area contributed by atoms with E-state index >= 15 is 0 Å². The number of nitrogens with one attached hydrogen (secondary N) is 1. The molecule has 0 saturated carbocycles. The lowest BCUT2D eigenvalue weighted by Gasteiger charge is -2.42. The van der Waals surface area contributed by atoms with E-state index in [1.165, 1.54) is 31.6 Å². The van der Waals surface area contributed by atoms with E-state index in [0.717, 1.165) is 24.7 Å². The van der Waals surface area contributed by atoms with E-state index in [4.69, 9.17) is 0 Å². The normalized spacial score (nSPS) is 29.2. The quantitative estimate of drug-likeness (QED) is 0.773. The Bertz CT molecular complexity index is 187. The predicted octanol–water partition coefficient (Wildman–Crippen LogP) is 2.59. The van der Waals surface area contributed by atoms with Gasteiger partial charge >= 0.3 is 0 Å². The molecule has 1 rings (SSSR count). The molecule has 0 bridgehead atoms. The van der Waals surface area contributed by atoms with Crippen LogP contribution in [0.5, 0.6) is 0 Å². The third kappa shape index (κ3) is 3.94. The zero-order valence-electron chi connectivity index (χ0n) is 11.3. The minimum atomic E-state index is 0.745. The van der Waals surface area contributed by atoms with Crippen molar-refractivity contribution in [2.45, 2.75) is 58.2 Å². The molecule has 0 amide bonds. The molecule has 1 aliphatic heterocycles. The highest BCUT2D eigenvalue weighted by Crippen LogP contribution is 2.22. The Kier molecular flexibility index (Phi) is 6.78. The van der Waals surface area contributed by atoms with E-state index in [9.17, 15) is 0 Å². The maximum Gasteiger partial charge on any atom is 0.0186 e. The Balaban J connectivity index is 2.44. The molecule has 3 unspecified atom stereocenters. The molecule has 0 aliphatic carbocycles. The standard InChI is InChI=1S/C13H28N2S/c1-5-13(10-16-4)15-8-7-12(14-6-2)9-11(15)3/h11-14H,5-10H2,1-4H3. The molecule has 0 aromatic rings. The van der Waals surface area contributed by atoms with Crippen LogP contribution in [0.1, 0.15) is 40.0 Å². The van der Waals surface area contributed by atoms with Crippen molar-refractivity contribution in [3.8, 4) is 0 Å². The summed E-state index contributed by atoms with van der Waals surface area (Å²) in [6, 6.07) is 2.28. The molecule has 1 saturated heterocycles. The molecule has 1 N–H and O–H groups in total. The molecule has 0 radical (unpaired) electrons. The minimum Gasteiger partial charge on any atom is -0.314 e. The summed E-state index contributed by atoms with van der Waals surface area (Å²) in [6.45, 7) is 9.31. The maximum atomic E-state index is 3.59. The fraction of sp³-hybridized carbons (Fsp3) is 1.00. The molecule has 1 aliphatic rings. The van der Waals surface area contributed by atoms with Gasteiger partial charge in [-0.3, -0.25) is 4.90 Å². The van der Waals surface area contributed by atoms with E-state index in [0.29, 0.717) is 0 Å². The molecule has 2 nitrogen and oxygen atoms in total. The Labute approximate surface area is 106 Å². The highest BCUT2D eigenvalue weighted by molar-refractivity contribution is 7.98. The number of likely N-dealkylation sites (tertiary alicyclic amines) is 1. The average molecular weight is 244 g/mol. The zero-order chi connectivity index (χ0) is 12.0.